The maximum absolute atomic E-state index is 13.1. The number of nitrogens with one attached hydrogen (secondary N) is 2. The van der Waals surface area contributed by atoms with Crippen LogP contribution in [0.3, 0.4) is 0 Å². The Morgan fingerprint density at radius 1 is 1.11 bits per heavy atom. The Morgan fingerprint density at radius 2 is 1.81 bits per heavy atom. The Morgan fingerprint density at radius 3 is 2.52 bits per heavy atom. The van der Waals surface area contributed by atoms with Crippen molar-refractivity contribution in [2.45, 2.75) is 13.0 Å². The zero-order valence-electron chi connectivity index (χ0n) is 15.6. The predicted molar refractivity (Wildman–Crippen MR) is 105 cm³/mol. The molecule has 1 aromatic heterocycles. The first-order valence-electron chi connectivity index (χ1n) is 9.27. The lowest BCUT2D eigenvalue weighted by Gasteiger charge is -2.36. The molecule has 0 spiro atoms. The Balaban J connectivity index is 1.53. The van der Waals surface area contributed by atoms with E-state index >= 15 is 0 Å². The van der Waals surface area contributed by atoms with Crippen LogP contribution in [0.15, 0.2) is 42.6 Å². The van der Waals surface area contributed by atoms with E-state index in [-0.39, 0.29) is 11.7 Å². The van der Waals surface area contributed by atoms with Crippen molar-refractivity contribution in [2.24, 2.45) is 0 Å². The molecule has 7 heteroatoms. The molecule has 0 saturated carbocycles. The van der Waals surface area contributed by atoms with Gasteiger partial charge in [-0.25, -0.2) is 9.37 Å². The average molecular weight is 371 g/mol. The number of hydrogen-bond acceptors (Lipinski definition) is 5. The minimum absolute atomic E-state index is 0.0376. The molecule has 3 rings (SSSR count). The Bertz CT molecular complexity index is 744. The first-order chi connectivity index (χ1) is 13.2. The predicted octanol–water partition coefficient (Wildman–Crippen LogP) is 1.77. The average Bonchev–Trinajstić information content (AvgIpc) is 2.71. The van der Waals surface area contributed by atoms with Crippen molar-refractivity contribution < 1.29 is 9.18 Å². The number of nitrogens with zero attached hydrogens (tertiary/aromatic N) is 3. The molecule has 1 aromatic carbocycles. The normalized spacial score (nSPS) is 14.3. The lowest BCUT2D eigenvalue weighted by atomic mass is 10.2. The van der Waals surface area contributed by atoms with Crippen molar-refractivity contribution in [3.05, 3.63) is 54.0 Å². The maximum atomic E-state index is 13.1. The van der Waals surface area contributed by atoms with Gasteiger partial charge in [-0.3, -0.25) is 4.79 Å². The van der Waals surface area contributed by atoms with Gasteiger partial charge in [0.05, 0.1) is 0 Å². The van der Waals surface area contributed by atoms with E-state index in [4.69, 9.17) is 0 Å². The maximum Gasteiger partial charge on any atom is 0.221 e. The Hall–Kier alpha value is -2.67. The van der Waals surface area contributed by atoms with Crippen LogP contribution in [0.1, 0.15) is 12.0 Å². The van der Waals surface area contributed by atoms with Crippen LogP contribution >= 0.6 is 0 Å². The quantitative estimate of drug-likeness (QED) is 0.777. The molecule has 27 heavy (non-hydrogen) atoms. The number of hydrogen-bond donors (Lipinski definition) is 2. The molecule has 0 radical (unpaired) electrons. The molecule has 1 aliphatic rings. The van der Waals surface area contributed by atoms with Gasteiger partial charge >= 0.3 is 0 Å². The molecule has 1 saturated heterocycles. The third-order valence-electron chi connectivity index (χ3n) is 4.70. The second kappa shape index (κ2) is 9.32. The van der Waals surface area contributed by atoms with E-state index in [9.17, 15) is 9.18 Å². The summed E-state index contributed by atoms with van der Waals surface area (Å²) in [5, 5.41) is 5.90. The van der Waals surface area contributed by atoms with Crippen LogP contribution in [0.25, 0.3) is 0 Å². The summed E-state index contributed by atoms with van der Waals surface area (Å²) >= 11 is 0. The SMILES string of the molecule is CNCCC(=O)NCc1ccnc(N2CCN(c3ccc(F)cc3)CC2)c1. The van der Waals surface area contributed by atoms with E-state index in [2.05, 4.69) is 25.4 Å². The monoisotopic (exact) mass is 371 g/mol. The van der Waals surface area contributed by atoms with Gasteiger partial charge in [0.2, 0.25) is 5.91 Å². The highest BCUT2D eigenvalue weighted by atomic mass is 19.1. The summed E-state index contributed by atoms with van der Waals surface area (Å²) < 4.78 is 13.1. The summed E-state index contributed by atoms with van der Waals surface area (Å²) in [5.74, 6) is 0.753. The van der Waals surface area contributed by atoms with Gasteiger partial charge in [-0.15, -0.1) is 0 Å². The molecule has 1 aliphatic heterocycles. The smallest absolute Gasteiger partial charge is 0.221 e. The van der Waals surface area contributed by atoms with Crippen LogP contribution < -0.4 is 20.4 Å². The number of carbonyl (C=O) groups is 1. The zero-order chi connectivity index (χ0) is 19.1. The van der Waals surface area contributed by atoms with Gasteiger partial charge in [-0.1, -0.05) is 0 Å². The van der Waals surface area contributed by atoms with Gasteiger partial charge in [-0.2, -0.15) is 0 Å². The molecule has 2 N–H and O–H groups in total. The summed E-state index contributed by atoms with van der Waals surface area (Å²) in [6, 6.07) is 10.6. The number of benzene rings is 1. The summed E-state index contributed by atoms with van der Waals surface area (Å²) in [4.78, 5) is 20.7. The fourth-order valence-corrected chi connectivity index (χ4v) is 3.12. The second-order valence-electron chi connectivity index (χ2n) is 6.60. The molecular formula is C20H26FN5O. The van der Waals surface area contributed by atoms with Crippen molar-refractivity contribution in [3.8, 4) is 0 Å². The topological polar surface area (TPSA) is 60.5 Å². The lowest BCUT2D eigenvalue weighted by molar-refractivity contribution is -0.121. The molecular weight excluding hydrogens is 345 g/mol. The largest absolute Gasteiger partial charge is 0.368 e. The van der Waals surface area contributed by atoms with Crippen molar-refractivity contribution >= 4 is 17.4 Å². The number of piperazine rings is 1. The van der Waals surface area contributed by atoms with Gasteiger partial charge in [0.25, 0.3) is 0 Å². The number of aromatic nitrogens is 1. The molecule has 2 heterocycles. The number of rotatable bonds is 7. The number of carbonyl (C=O) groups excluding carboxylic acids is 1. The number of halogens is 1. The molecule has 0 atom stereocenters. The van der Waals surface area contributed by atoms with Gasteiger partial charge < -0.3 is 20.4 Å². The molecule has 1 amide bonds. The standard InChI is InChI=1S/C20H26FN5O/c1-22-8-7-20(27)24-15-16-6-9-23-19(14-16)26-12-10-25(11-13-26)18-4-2-17(21)3-5-18/h2-6,9,14,22H,7-8,10-13,15H2,1H3,(H,24,27). The first-order valence-corrected chi connectivity index (χ1v) is 9.27. The molecule has 0 bridgehead atoms. The fraction of sp³-hybridized carbons (Fsp3) is 0.400. The third kappa shape index (κ3) is 5.40. The van der Waals surface area contributed by atoms with E-state index in [1.54, 1.807) is 6.20 Å². The summed E-state index contributed by atoms with van der Waals surface area (Å²) in [6.45, 7) is 4.60. The molecule has 0 unspecified atom stereocenters. The lowest BCUT2D eigenvalue weighted by Crippen LogP contribution is -2.46. The number of anilines is 2. The summed E-state index contributed by atoms with van der Waals surface area (Å²) in [7, 11) is 1.83. The molecule has 1 fully saturated rings. The van der Waals surface area contributed by atoms with E-state index in [0.717, 1.165) is 43.2 Å². The Kier molecular flexibility index (Phi) is 6.59. The molecule has 0 aliphatic carbocycles. The van der Waals surface area contributed by atoms with Crippen molar-refractivity contribution in [1.29, 1.82) is 0 Å². The fourth-order valence-electron chi connectivity index (χ4n) is 3.12. The van der Waals surface area contributed by atoms with Crippen molar-refractivity contribution in [2.75, 3.05) is 49.6 Å². The first kappa shape index (κ1) is 19.1. The van der Waals surface area contributed by atoms with Crippen LogP contribution in [0.5, 0.6) is 0 Å². The highest BCUT2D eigenvalue weighted by Crippen LogP contribution is 2.20. The minimum atomic E-state index is -0.212. The number of pyridine rings is 1. The van der Waals surface area contributed by atoms with Crippen LogP contribution in [0, 0.1) is 5.82 Å². The summed E-state index contributed by atoms with van der Waals surface area (Å²) in [6.07, 6.45) is 2.26. The Labute approximate surface area is 159 Å². The minimum Gasteiger partial charge on any atom is -0.368 e. The summed E-state index contributed by atoms with van der Waals surface area (Å²) in [5.41, 5.74) is 2.08. The van der Waals surface area contributed by atoms with Crippen molar-refractivity contribution in [1.82, 2.24) is 15.6 Å². The van der Waals surface area contributed by atoms with Gasteiger partial charge in [0, 0.05) is 57.6 Å². The van der Waals surface area contributed by atoms with Gasteiger partial charge in [-0.05, 0) is 49.0 Å². The van der Waals surface area contributed by atoms with Gasteiger partial charge in [0.15, 0.2) is 0 Å². The highest BCUT2D eigenvalue weighted by Gasteiger charge is 2.18. The van der Waals surface area contributed by atoms with Crippen LogP contribution in [0.4, 0.5) is 15.9 Å². The second-order valence-corrected chi connectivity index (χ2v) is 6.60. The highest BCUT2D eigenvalue weighted by molar-refractivity contribution is 5.76. The van der Waals surface area contributed by atoms with E-state index in [1.165, 1.54) is 12.1 Å². The molecule has 2 aromatic rings. The molecule has 6 nitrogen and oxygen atoms in total. The number of amides is 1. The van der Waals surface area contributed by atoms with Crippen LogP contribution in [0.2, 0.25) is 0 Å². The van der Waals surface area contributed by atoms with Gasteiger partial charge in [0.1, 0.15) is 11.6 Å². The van der Waals surface area contributed by atoms with Crippen LogP contribution in [-0.4, -0.2) is 50.7 Å². The van der Waals surface area contributed by atoms with E-state index < -0.39 is 0 Å². The molecule has 144 valence electrons. The zero-order valence-corrected chi connectivity index (χ0v) is 15.6. The van der Waals surface area contributed by atoms with Crippen molar-refractivity contribution in [3.63, 3.8) is 0 Å². The van der Waals surface area contributed by atoms with Crippen LogP contribution in [-0.2, 0) is 11.3 Å². The third-order valence-corrected chi connectivity index (χ3v) is 4.70. The van der Waals surface area contributed by atoms with E-state index in [0.29, 0.717) is 19.5 Å². The van der Waals surface area contributed by atoms with E-state index in [1.807, 2.05) is 31.3 Å².